The minimum Gasteiger partial charge on any atom is -0.496 e. The van der Waals surface area contributed by atoms with Gasteiger partial charge >= 0.3 is 0 Å². The molecule has 3 N–H and O–H groups in total. The van der Waals surface area contributed by atoms with Gasteiger partial charge in [0.05, 0.1) is 31.1 Å². The Balaban J connectivity index is 1.54. The second-order valence-electron chi connectivity index (χ2n) is 7.68. The first-order valence-electron chi connectivity index (χ1n) is 10.9. The molecule has 0 bridgehead atoms. The van der Waals surface area contributed by atoms with Crippen LogP contribution in [-0.4, -0.2) is 41.5 Å². The third-order valence-electron chi connectivity index (χ3n) is 5.39. The van der Waals surface area contributed by atoms with Crippen molar-refractivity contribution in [1.82, 2.24) is 14.9 Å². The molecule has 0 fully saturated rings. The zero-order valence-corrected chi connectivity index (χ0v) is 19.4. The Morgan fingerprint density at radius 2 is 2.03 bits per heavy atom. The van der Waals surface area contributed by atoms with Gasteiger partial charge in [0.2, 0.25) is 11.8 Å². The van der Waals surface area contributed by atoms with E-state index in [0.29, 0.717) is 30.0 Å². The number of amides is 1. The fourth-order valence-electron chi connectivity index (χ4n) is 3.52. The highest BCUT2D eigenvalue weighted by Gasteiger charge is 2.16. The monoisotopic (exact) mass is 461 g/mol. The van der Waals surface area contributed by atoms with E-state index in [1.165, 1.54) is 0 Å². The second-order valence-corrected chi connectivity index (χ2v) is 7.68. The number of carbonyl (C=O) groups is 1. The number of nitrogens with two attached hydrogens (primary N) is 1. The molecule has 9 nitrogen and oxygen atoms in total. The molecule has 0 saturated carbocycles. The lowest BCUT2D eigenvalue weighted by molar-refractivity contribution is -0.128. The predicted octanol–water partition coefficient (Wildman–Crippen LogP) is 4.23. The van der Waals surface area contributed by atoms with E-state index >= 15 is 0 Å². The summed E-state index contributed by atoms with van der Waals surface area (Å²) >= 11 is 0. The van der Waals surface area contributed by atoms with Crippen LogP contribution in [0, 0.1) is 0 Å². The molecule has 1 amide bonds. The van der Waals surface area contributed by atoms with Crippen LogP contribution in [0.1, 0.15) is 18.2 Å². The molecule has 0 unspecified atom stereocenters. The third kappa shape index (κ3) is 4.94. The average molecular weight is 462 g/mol. The number of nitrogens with one attached hydrogen (secondary N) is 1. The molecule has 2 aromatic carbocycles. The first kappa shape index (κ1) is 23.1. The van der Waals surface area contributed by atoms with Gasteiger partial charge in [-0.3, -0.25) is 4.79 Å². The number of benzene rings is 2. The van der Waals surface area contributed by atoms with Crippen molar-refractivity contribution in [3.63, 3.8) is 0 Å². The molecule has 0 aliphatic heterocycles. The summed E-state index contributed by atoms with van der Waals surface area (Å²) in [4.78, 5) is 22.3. The van der Waals surface area contributed by atoms with Crippen LogP contribution in [0.25, 0.3) is 22.8 Å². The van der Waals surface area contributed by atoms with Crippen molar-refractivity contribution in [2.24, 2.45) is 5.73 Å². The van der Waals surface area contributed by atoms with Gasteiger partial charge in [-0.05, 0) is 24.1 Å². The van der Waals surface area contributed by atoms with Gasteiger partial charge in [0, 0.05) is 30.9 Å². The molecule has 0 radical (unpaired) electrons. The fourth-order valence-corrected chi connectivity index (χ4v) is 3.52. The van der Waals surface area contributed by atoms with Crippen LogP contribution < -0.4 is 15.8 Å². The first-order valence-corrected chi connectivity index (χ1v) is 10.9. The van der Waals surface area contributed by atoms with Crippen molar-refractivity contribution in [1.29, 1.82) is 0 Å². The summed E-state index contributed by atoms with van der Waals surface area (Å²) in [7, 11) is 3.32. The topological polar surface area (TPSA) is 120 Å². The van der Waals surface area contributed by atoms with E-state index < -0.39 is 0 Å². The minimum atomic E-state index is -0.136. The van der Waals surface area contributed by atoms with Crippen molar-refractivity contribution >= 4 is 17.6 Å². The third-order valence-corrected chi connectivity index (χ3v) is 5.39. The highest BCUT2D eigenvalue weighted by Crippen LogP contribution is 2.34. The van der Waals surface area contributed by atoms with Crippen LogP contribution in [0.15, 0.2) is 63.8 Å². The van der Waals surface area contributed by atoms with Crippen molar-refractivity contribution in [2.75, 3.05) is 26.0 Å². The zero-order valence-electron chi connectivity index (χ0n) is 19.4. The second kappa shape index (κ2) is 10.2. The van der Waals surface area contributed by atoms with Crippen LogP contribution in [0.4, 0.5) is 11.7 Å². The fraction of sp³-hybridized carbons (Fsp3) is 0.240. The van der Waals surface area contributed by atoms with Crippen molar-refractivity contribution in [3.05, 3.63) is 66.2 Å². The summed E-state index contributed by atoms with van der Waals surface area (Å²) in [6.45, 7) is 2.40. The van der Waals surface area contributed by atoms with Crippen LogP contribution in [-0.2, 0) is 17.8 Å². The predicted molar refractivity (Wildman–Crippen MR) is 129 cm³/mol. The number of hydrogen-bond acceptors (Lipinski definition) is 8. The minimum absolute atomic E-state index is 0.0347. The van der Waals surface area contributed by atoms with Gasteiger partial charge in [0.25, 0.3) is 6.01 Å². The summed E-state index contributed by atoms with van der Waals surface area (Å²) in [6.07, 6.45) is 4.09. The van der Waals surface area contributed by atoms with Gasteiger partial charge < -0.3 is 29.5 Å². The molecule has 0 spiro atoms. The van der Waals surface area contributed by atoms with E-state index in [2.05, 4.69) is 15.3 Å². The van der Waals surface area contributed by atoms with E-state index in [9.17, 15) is 4.79 Å². The van der Waals surface area contributed by atoms with E-state index in [1.807, 2.05) is 49.4 Å². The van der Waals surface area contributed by atoms with Crippen LogP contribution in [0.2, 0.25) is 0 Å². The number of oxazole rings is 2. The summed E-state index contributed by atoms with van der Waals surface area (Å²) in [6, 6.07) is 13.6. The normalized spacial score (nSPS) is 10.8. The molecular weight excluding hydrogens is 434 g/mol. The van der Waals surface area contributed by atoms with Gasteiger partial charge in [0.15, 0.2) is 5.76 Å². The number of methoxy groups -OCH3 is 1. The Hall–Kier alpha value is -4.11. The van der Waals surface area contributed by atoms with Crippen LogP contribution in [0.3, 0.4) is 0 Å². The highest BCUT2D eigenvalue weighted by molar-refractivity contribution is 5.78. The summed E-state index contributed by atoms with van der Waals surface area (Å²) in [5.74, 6) is 1.57. The lowest BCUT2D eigenvalue weighted by Gasteiger charge is -2.17. The number of aromatic nitrogens is 2. The maximum absolute atomic E-state index is 11.9. The van der Waals surface area contributed by atoms with Gasteiger partial charge in [-0.25, -0.2) is 9.97 Å². The molecule has 4 aromatic rings. The molecule has 0 aliphatic carbocycles. The molecule has 0 aliphatic rings. The number of rotatable bonds is 9. The van der Waals surface area contributed by atoms with Crippen LogP contribution >= 0.6 is 0 Å². The van der Waals surface area contributed by atoms with E-state index in [1.54, 1.807) is 31.5 Å². The van der Waals surface area contributed by atoms with Crippen LogP contribution in [0.5, 0.6) is 5.75 Å². The van der Waals surface area contributed by atoms with Gasteiger partial charge in [0.1, 0.15) is 12.0 Å². The number of anilines is 2. The van der Waals surface area contributed by atoms with E-state index in [0.717, 1.165) is 34.5 Å². The Kier molecular flexibility index (Phi) is 6.93. The molecule has 2 aromatic heterocycles. The lowest BCUT2D eigenvalue weighted by atomic mass is 10.1. The molecular formula is C25H27N5O4. The number of likely N-dealkylation sites (N-methyl/N-ethyl adjacent to an activating group) is 1. The molecule has 34 heavy (non-hydrogen) atoms. The Morgan fingerprint density at radius 3 is 2.76 bits per heavy atom. The summed E-state index contributed by atoms with van der Waals surface area (Å²) in [5, 5.41) is 3.16. The molecule has 4 rings (SSSR count). The Bertz CT molecular complexity index is 1280. The maximum atomic E-state index is 11.9. The number of carbonyl (C=O) groups excluding carboxylic acids is 1. The summed E-state index contributed by atoms with van der Waals surface area (Å²) in [5.41, 5.74) is 9.63. The van der Waals surface area contributed by atoms with Crippen molar-refractivity contribution < 1.29 is 18.4 Å². The van der Waals surface area contributed by atoms with Gasteiger partial charge in [-0.1, -0.05) is 31.2 Å². The van der Waals surface area contributed by atoms with Gasteiger partial charge in [-0.15, -0.1) is 0 Å². The quantitative estimate of drug-likeness (QED) is 0.380. The van der Waals surface area contributed by atoms with E-state index in [4.69, 9.17) is 19.3 Å². The molecule has 9 heteroatoms. The Morgan fingerprint density at radius 1 is 1.21 bits per heavy atom. The molecule has 176 valence electrons. The van der Waals surface area contributed by atoms with Crippen molar-refractivity contribution in [3.8, 4) is 28.5 Å². The largest absolute Gasteiger partial charge is 0.496 e. The first-order chi connectivity index (χ1) is 16.5. The smallest absolute Gasteiger partial charge is 0.299 e. The number of aryl methyl sites for hydroxylation is 1. The number of nitrogens with zero attached hydrogens (tertiary/aromatic N) is 3. The molecule has 0 atom stereocenters. The molecule has 0 saturated heterocycles. The molecule has 2 heterocycles. The SMILES string of the molecule is CCc1coc(-c2ccc(Nc3ncc(-c4ccccc4CN(C)C(=O)CN)o3)cc2OC)n1. The zero-order chi connectivity index (χ0) is 24.1. The lowest BCUT2D eigenvalue weighted by Crippen LogP contribution is -2.32. The number of hydrogen-bond donors (Lipinski definition) is 2. The van der Waals surface area contributed by atoms with Crippen molar-refractivity contribution in [2.45, 2.75) is 19.9 Å². The summed E-state index contributed by atoms with van der Waals surface area (Å²) < 4.78 is 17.1. The maximum Gasteiger partial charge on any atom is 0.299 e. The number of ether oxygens (including phenoxy) is 1. The van der Waals surface area contributed by atoms with E-state index in [-0.39, 0.29) is 12.5 Å². The average Bonchev–Trinajstić information content (AvgIpc) is 3.53. The highest BCUT2D eigenvalue weighted by atomic mass is 16.5. The Labute approximate surface area is 197 Å². The standard InChI is InChI=1S/C25H27N5O4/c1-4-17-15-33-24(28-17)20-10-9-18(11-21(20)32-3)29-25-27-13-22(34-25)19-8-6-5-7-16(19)14-30(2)23(31)12-26/h5-11,13,15H,4,12,14,26H2,1-3H3,(H,27,29). The van der Waals surface area contributed by atoms with Gasteiger partial charge in [-0.2, -0.15) is 0 Å².